The molecular formula is C10H15N4O5P. The predicted octanol–water partition coefficient (Wildman–Crippen LogP) is -0.543. The van der Waals surface area contributed by atoms with Gasteiger partial charge in [0, 0.05) is 25.7 Å². The molecule has 2 rings (SSSR count). The third-order valence-corrected chi connectivity index (χ3v) is 4.01. The van der Waals surface area contributed by atoms with Gasteiger partial charge in [-0.25, -0.2) is 4.98 Å². The number of nitrogens with zero attached hydrogens (tertiary/aromatic N) is 3. The summed E-state index contributed by atoms with van der Waals surface area (Å²) in [4.78, 5) is 46.2. The number of aromatic nitrogens is 2. The molecule has 9 nitrogen and oxygen atoms in total. The van der Waals surface area contributed by atoms with Gasteiger partial charge < -0.3 is 20.1 Å². The molecule has 2 heterocycles. The summed E-state index contributed by atoms with van der Waals surface area (Å²) in [5, 5.41) is 0. The number of hydrogen-bond acceptors (Lipinski definition) is 4. The molecule has 0 saturated heterocycles. The number of carbonyl (C=O) groups excluding carboxylic acids is 2. The Hall–Kier alpha value is -1.70. The van der Waals surface area contributed by atoms with Gasteiger partial charge in [0.15, 0.2) is 0 Å². The zero-order valence-electron chi connectivity index (χ0n) is 10.8. The first kappa shape index (κ1) is 14.7. The Labute approximate surface area is 114 Å². The normalized spacial score (nSPS) is 18.8. The standard InChI is InChI=1S/C10H15N4O5P/c1-6(15)13-3-2-7(5-20(17,18)19)14-4-8(9(11)16)12-10(13)14/h4,7H,2-3,5H2,1H3,(H2,11,16)(H2,17,18,19)/t7-/m1/s1. The van der Waals surface area contributed by atoms with Crippen molar-refractivity contribution in [3.8, 4) is 0 Å². The van der Waals surface area contributed by atoms with E-state index in [2.05, 4.69) is 4.98 Å². The smallest absolute Gasteiger partial charge is 0.327 e. The van der Waals surface area contributed by atoms with Gasteiger partial charge in [-0.2, -0.15) is 0 Å². The molecule has 0 bridgehead atoms. The summed E-state index contributed by atoms with van der Waals surface area (Å²) in [7, 11) is -4.22. The number of anilines is 1. The number of amides is 2. The summed E-state index contributed by atoms with van der Waals surface area (Å²) in [5.74, 6) is -0.830. The van der Waals surface area contributed by atoms with Crippen molar-refractivity contribution >= 4 is 25.4 Å². The maximum atomic E-state index is 11.5. The second kappa shape index (κ2) is 5.01. The number of hydrogen-bond donors (Lipinski definition) is 3. The van der Waals surface area contributed by atoms with Crippen molar-refractivity contribution in [3.63, 3.8) is 0 Å². The zero-order chi connectivity index (χ0) is 15.1. The van der Waals surface area contributed by atoms with Crippen molar-refractivity contribution < 1.29 is 23.9 Å². The topological polar surface area (TPSA) is 139 Å². The van der Waals surface area contributed by atoms with Gasteiger partial charge in [-0.1, -0.05) is 0 Å². The number of fused-ring (bicyclic) bond motifs is 1. The molecule has 10 heteroatoms. The molecule has 1 atom stereocenters. The molecule has 110 valence electrons. The lowest BCUT2D eigenvalue weighted by molar-refractivity contribution is -0.116. The van der Waals surface area contributed by atoms with Crippen LogP contribution in [0.5, 0.6) is 0 Å². The molecule has 1 aliphatic heterocycles. The van der Waals surface area contributed by atoms with Crippen LogP contribution in [0, 0.1) is 0 Å². The number of rotatable bonds is 3. The first-order valence-corrected chi connectivity index (χ1v) is 7.70. The molecular weight excluding hydrogens is 287 g/mol. The minimum Gasteiger partial charge on any atom is -0.364 e. The summed E-state index contributed by atoms with van der Waals surface area (Å²) < 4.78 is 12.6. The van der Waals surface area contributed by atoms with Crippen LogP contribution in [0.2, 0.25) is 0 Å². The van der Waals surface area contributed by atoms with E-state index in [0.29, 0.717) is 6.42 Å². The van der Waals surface area contributed by atoms with Gasteiger partial charge in [-0.15, -0.1) is 0 Å². The Morgan fingerprint density at radius 1 is 1.55 bits per heavy atom. The molecule has 0 aliphatic carbocycles. The quantitative estimate of drug-likeness (QED) is 0.641. The molecule has 0 spiro atoms. The minimum absolute atomic E-state index is 0.0381. The van der Waals surface area contributed by atoms with E-state index in [1.54, 1.807) is 0 Å². The lowest BCUT2D eigenvalue weighted by Crippen LogP contribution is -2.38. The van der Waals surface area contributed by atoms with Crippen LogP contribution in [-0.4, -0.2) is 43.9 Å². The van der Waals surface area contributed by atoms with Gasteiger partial charge in [0.05, 0.1) is 6.16 Å². The third kappa shape index (κ3) is 2.90. The van der Waals surface area contributed by atoms with Crippen LogP contribution >= 0.6 is 7.60 Å². The van der Waals surface area contributed by atoms with Gasteiger partial charge in [0.25, 0.3) is 5.91 Å². The number of imidazole rings is 1. The van der Waals surface area contributed by atoms with Gasteiger partial charge in [-0.3, -0.25) is 19.1 Å². The van der Waals surface area contributed by atoms with Crippen LogP contribution in [0.1, 0.15) is 29.9 Å². The van der Waals surface area contributed by atoms with Crippen molar-refractivity contribution in [2.75, 3.05) is 17.6 Å². The van der Waals surface area contributed by atoms with Crippen molar-refractivity contribution in [3.05, 3.63) is 11.9 Å². The van der Waals surface area contributed by atoms with E-state index in [0.717, 1.165) is 0 Å². The van der Waals surface area contributed by atoms with E-state index in [4.69, 9.17) is 15.5 Å². The Balaban J connectivity index is 2.44. The molecule has 1 aromatic rings. The monoisotopic (exact) mass is 302 g/mol. The fourth-order valence-electron chi connectivity index (χ4n) is 2.24. The van der Waals surface area contributed by atoms with E-state index >= 15 is 0 Å². The van der Waals surface area contributed by atoms with Crippen LogP contribution in [0.15, 0.2) is 6.20 Å². The Kier molecular flexibility index (Phi) is 3.68. The van der Waals surface area contributed by atoms with Gasteiger partial charge in [-0.05, 0) is 6.42 Å². The second-order valence-electron chi connectivity index (χ2n) is 4.66. The average Bonchev–Trinajstić information content (AvgIpc) is 2.71. The fourth-order valence-corrected chi connectivity index (χ4v) is 3.15. The fraction of sp³-hybridized carbons (Fsp3) is 0.500. The predicted molar refractivity (Wildman–Crippen MR) is 69.3 cm³/mol. The van der Waals surface area contributed by atoms with Crippen LogP contribution in [0.3, 0.4) is 0 Å². The zero-order valence-corrected chi connectivity index (χ0v) is 11.7. The summed E-state index contributed by atoms with van der Waals surface area (Å²) in [5.41, 5.74) is 5.11. The highest BCUT2D eigenvalue weighted by atomic mass is 31.2. The van der Waals surface area contributed by atoms with E-state index < -0.39 is 19.5 Å². The van der Waals surface area contributed by atoms with Crippen molar-refractivity contribution in [2.24, 2.45) is 5.73 Å². The molecule has 1 aromatic heterocycles. The summed E-state index contributed by atoms with van der Waals surface area (Å²) in [6, 6.07) is -0.526. The largest absolute Gasteiger partial charge is 0.364 e. The molecule has 2 amide bonds. The van der Waals surface area contributed by atoms with Gasteiger partial charge in [0.2, 0.25) is 11.9 Å². The lowest BCUT2D eigenvalue weighted by Gasteiger charge is -2.32. The minimum atomic E-state index is -4.22. The molecule has 0 unspecified atom stereocenters. The van der Waals surface area contributed by atoms with Crippen molar-refractivity contribution in [1.29, 1.82) is 0 Å². The van der Waals surface area contributed by atoms with Crippen LogP contribution in [0.25, 0.3) is 0 Å². The molecule has 0 fully saturated rings. The molecule has 0 aromatic carbocycles. The van der Waals surface area contributed by atoms with E-state index in [1.807, 2.05) is 0 Å². The first-order valence-electron chi connectivity index (χ1n) is 5.90. The molecule has 0 saturated carbocycles. The summed E-state index contributed by atoms with van der Waals surface area (Å²) in [6.45, 7) is 1.64. The van der Waals surface area contributed by atoms with Crippen molar-refractivity contribution in [2.45, 2.75) is 19.4 Å². The molecule has 0 radical (unpaired) electrons. The maximum absolute atomic E-state index is 11.5. The van der Waals surface area contributed by atoms with Gasteiger partial charge in [0.1, 0.15) is 5.69 Å². The van der Waals surface area contributed by atoms with E-state index in [-0.39, 0.29) is 30.3 Å². The Bertz CT molecular complexity index is 607. The third-order valence-electron chi connectivity index (χ3n) is 3.11. The van der Waals surface area contributed by atoms with Crippen LogP contribution in [-0.2, 0) is 9.36 Å². The highest BCUT2D eigenvalue weighted by molar-refractivity contribution is 7.51. The second-order valence-corrected chi connectivity index (χ2v) is 6.35. The SMILES string of the molecule is CC(=O)N1CC[C@H](CP(=O)(O)O)n2cc(C(N)=O)nc21. The van der Waals surface area contributed by atoms with Crippen LogP contribution < -0.4 is 10.6 Å². The van der Waals surface area contributed by atoms with Gasteiger partial charge >= 0.3 is 7.60 Å². The summed E-state index contributed by atoms with van der Waals surface area (Å²) in [6.07, 6.45) is 1.32. The van der Waals surface area contributed by atoms with E-state index in [1.165, 1.54) is 22.6 Å². The Morgan fingerprint density at radius 2 is 2.20 bits per heavy atom. The average molecular weight is 302 g/mol. The number of primary amides is 1. The first-order chi connectivity index (χ1) is 9.19. The molecule has 1 aliphatic rings. The summed E-state index contributed by atoms with van der Waals surface area (Å²) >= 11 is 0. The molecule has 4 N–H and O–H groups in total. The number of nitrogens with two attached hydrogens (primary N) is 1. The van der Waals surface area contributed by atoms with Crippen molar-refractivity contribution in [1.82, 2.24) is 9.55 Å². The number of carbonyl (C=O) groups is 2. The highest BCUT2D eigenvalue weighted by Gasteiger charge is 2.33. The molecule has 20 heavy (non-hydrogen) atoms. The maximum Gasteiger partial charge on any atom is 0.327 e. The van der Waals surface area contributed by atoms with Crippen LogP contribution in [0.4, 0.5) is 5.95 Å². The Morgan fingerprint density at radius 3 is 2.70 bits per heavy atom. The highest BCUT2D eigenvalue weighted by Crippen LogP contribution is 2.42. The van der Waals surface area contributed by atoms with E-state index in [9.17, 15) is 14.2 Å². The lowest BCUT2D eigenvalue weighted by atomic mass is 10.2.